The largest absolute Gasteiger partial charge is 0.493 e. The van der Waals surface area contributed by atoms with Crippen LogP contribution in [0, 0.1) is 5.92 Å². The number of hydrogen-bond donors (Lipinski definition) is 3. The molecule has 7 nitrogen and oxygen atoms in total. The maximum atomic E-state index is 12.3. The highest BCUT2D eigenvalue weighted by molar-refractivity contribution is 5.85. The molecule has 2 aliphatic heterocycles. The zero-order valence-corrected chi connectivity index (χ0v) is 18.0. The molecule has 2 bridgehead atoms. The first-order valence-corrected chi connectivity index (χ1v) is 10.2. The Morgan fingerprint density at radius 2 is 1.83 bits per heavy atom. The lowest BCUT2D eigenvalue weighted by molar-refractivity contribution is -0.123. The number of piperidine rings is 1. The third-order valence-electron chi connectivity index (χ3n) is 5.50. The van der Waals surface area contributed by atoms with Crippen molar-refractivity contribution in [2.24, 2.45) is 5.92 Å². The van der Waals surface area contributed by atoms with Crippen LogP contribution in [0.5, 0.6) is 11.5 Å². The summed E-state index contributed by atoms with van der Waals surface area (Å²) in [5.41, 5.74) is 0.931. The van der Waals surface area contributed by atoms with Crippen molar-refractivity contribution in [3.8, 4) is 11.5 Å². The van der Waals surface area contributed by atoms with Gasteiger partial charge < -0.3 is 25.4 Å². The number of benzene rings is 1. The number of carbonyl (C=O) groups is 2. The quantitative estimate of drug-likeness (QED) is 0.564. The number of carbonyl (C=O) groups excluding carboxylic acids is 2. The number of rotatable bonds is 9. The molecule has 2 heterocycles. The van der Waals surface area contributed by atoms with Crippen LogP contribution in [0.4, 0.5) is 0 Å². The third kappa shape index (κ3) is 6.78. The van der Waals surface area contributed by atoms with E-state index in [1.807, 2.05) is 19.1 Å². The number of nitrogens with one attached hydrogen (secondary N) is 3. The van der Waals surface area contributed by atoms with Gasteiger partial charge >= 0.3 is 0 Å². The maximum Gasteiger partial charge on any atom is 0.257 e. The van der Waals surface area contributed by atoms with Crippen LogP contribution in [0.3, 0.4) is 0 Å². The molecule has 162 valence electrons. The molecule has 0 aromatic heterocycles. The van der Waals surface area contributed by atoms with Crippen molar-refractivity contribution >= 4 is 24.2 Å². The van der Waals surface area contributed by atoms with Crippen molar-refractivity contribution in [2.75, 3.05) is 20.3 Å². The van der Waals surface area contributed by atoms with Crippen molar-refractivity contribution in [1.29, 1.82) is 0 Å². The molecule has 2 atom stereocenters. The fourth-order valence-corrected chi connectivity index (χ4v) is 4.21. The molecule has 29 heavy (non-hydrogen) atoms. The number of amides is 2. The van der Waals surface area contributed by atoms with Crippen LogP contribution in [0.1, 0.15) is 44.6 Å². The van der Waals surface area contributed by atoms with E-state index in [0.29, 0.717) is 49.0 Å². The number of halogens is 1. The summed E-state index contributed by atoms with van der Waals surface area (Å²) in [5, 5.41) is 9.31. The van der Waals surface area contributed by atoms with Crippen molar-refractivity contribution in [2.45, 2.75) is 57.7 Å². The Labute approximate surface area is 178 Å². The standard InChI is InChI=1S/C21H31N3O4.ClH/c1-3-22-21(26)13-28-18-7-4-14(10-19(18)27-2)12-23-20(25)11-15-8-16-5-6-17(9-15)24-16;/h4,7,10,15-17,24H,3,5-6,8-9,11-13H2,1-2H3,(H,22,26)(H,23,25);1H. The van der Waals surface area contributed by atoms with E-state index < -0.39 is 0 Å². The summed E-state index contributed by atoms with van der Waals surface area (Å²) in [6.07, 6.45) is 5.30. The Morgan fingerprint density at radius 3 is 2.48 bits per heavy atom. The molecule has 0 radical (unpaired) electrons. The number of methoxy groups -OCH3 is 1. The second-order valence-corrected chi connectivity index (χ2v) is 7.68. The Hall–Kier alpha value is -1.99. The van der Waals surface area contributed by atoms with Crippen LogP contribution in [0.2, 0.25) is 0 Å². The average Bonchev–Trinajstić information content (AvgIpc) is 3.03. The predicted molar refractivity (Wildman–Crippen MR) is 114 cm³/mol. The van der Waals surface area contributed by atoms with E-state index in [-0.39, 0.29) is 30.8 Å². The third-order valence-corrected chi connectivity index (χ3v) is 5.50. The average molecular weight is 426 g/mol. The first-order chi connectivity index (χ1) is 13.6. The minimum Gasteiger partial charge on any atom is -0.493 e. The SMILES string of the molecule is CCNC(=O)COc1ccc(CNC(=O)CC2CC3CCC(C2)N3)cc1OC.Cl. The van der Waals surface area contributed by atoms with E-state index in [1.54, 1.807) is 13.2 Å². The molecule has 2 aliphatic rings. The number of ether oxygens (including phenoxy) is 2. The molecule has 2 amide bonds. The summed E-state index contributed by atoms with van der Waals surface area (Å²) in [6.45, 7) is 2.82. The lowest BCUT2D eigenvalue weighted by atomic mass is 9.89. The maximum absolute atomic E-state index is 12.3. The minimum atomic E-state index is -0.174. The van der Waals surface area contributed by atoms with E-state index in [0.717, 1.165) is 18.4 Å². The highest BCUT2D eigenvalue weighted by Gasteiger charge is 2.34. The van der Waals surface area contributed by atoms with Crippen LogP contribution >= 0.6 is 12.4 Å². The summed E-state index contributed by atoms with van der Waals surface area (Å²) < 4.78 is 10.9. The van der Waals surface area contributed by atoms with Crippen LogP contribution in [-0.2, 0) is 16.1 Å². The minimum absolute atomic E-state index is 0. The molecule has 1 aromatic rings. The monoisotopic (exact) mass is 425 g/mol. The molecule has 1 aromatic carbocycles. The van der Waals surface area contributed by atoms with E-state index in [1.165, 1.54) is 12.8 Å². The van der Waals surface area contributed by atoms with Gasteiger partial charge in [0, 0.05) is 31.6 Å². The lowest BCUT2D eigenvalue weighted by Gasteiger charge is -2.28. The van der Waals surface area contributed by atoms with Crippen molar-refractivity contribution < 1.29 is 19.1 Å². The lowest BCUT2D eigenvalue weighted by Crippen LogP contribution is -2.39. The van der Waals surface area contributed by atoms with Crippen molar-refractivity contribution in [3.63, 3.8) is 0 Å². The van der Waals surface area contributed by atoms with Crippen molar-refractivity contribution in [1.82, 2.24) is 16.0 Å². The predicted octanol–water partition coefficient (Wildman–Crippen LogP) is 2.17. The van der Waals surface area contributed by atoms with Crippen LogP contribution in [0.25, 0.3) is 0 Å². The van der Waals surface area contributed by atoms with Gasteiger partial charge in [0.2, 0.25) is 5.91 Å². The molecule has 3 rings (SSSR count). The number of likely N-dealkylation sites (N-methyl/N-ethyl adjacent to an activating group) is 1. The van der Waals surface area contributed by atoms with E-state index >= 15 is 0 Å². The zero-order valence-electron chi connectivity index (χ0n) is 17.2. The van der Waals surface area contributed by atoms with Gasteiger partial charge in [0.1, 0.15) is 0 Å². The molecule has 2 saturated heterocycles. The summed E-state index contributed by atoms with van der Waals surface area (Å²) >= 11 is 0. The van der Waals surface area contributed by atoms with Crippen LogP contribution in [0.15, 0.2) is 18.2 Å². The molecule has 8 heteroatoms. The highest BCUT2D eigenvalue weighted by atomic mass is 35.5. The van der Waals surface area contributed by atoms with Gasteiger partial charge in [0.25, 0.3) is 5.91 Å². The van der Waals surface area contributed by atoms with Crippen LogP contribution < -0.4 is 25.4 Å². The molecule has 0 aliphatic carbocycles. The molecule has 2 fully saturated rings. The molecular formula is C21H32ClN3O4. The molecule has 0 spiro atoms. The normalized spacial score (nSPS) is 22.3. The van der Waals surface area contributed by atoms with Crippen molar-refractivity contribution in [3.05, 3.63) is 23.8 Å². The van der Waals surface area contributed by atoms with Gasteiger partial charge in [-0.15, -0.1) is 12.4 Å². The van der Waals surface area contributed by atoms with Gasteiger partial charge in [-0.25, -0.2) is 0 Å². The smallest absolute Gasteiger partial charge is 0.257 e. The van der Waals surface area contributed by atoms with Gasteiger partial charge in [-0.2, -0.15) is 0 Å². The Bertz CT molecular complexity index is 689. The highest BCUT2D eigenvalue weighted by Crippen LogP contribution is 2.32. The molecule has 0 saturated carbocycles. The van der Waals surface area contributed by atoms with Gasteiger partial charge in [-0.3, -0.25) is 9.59 Å². The number of fused-ring (bicyclic) bond motifs is 2. The molecule has 3 N–H and O–H groups in total. The van der Waals surface area contributed by atoms with E-state index in [2.05, 4.69) is 16.0 Å². The fourth-order valence-electron chi connectivity index (χ4n) is 4.21. The second-order valence-electron chi connectivity index (χ2n) is 7.68. The van der Waals surface area contributed by atoms with E-state index in [4.69, 9.17) is 9.47 Å². The summed E-state index contributed by atoms with van der Waals surface area (Å²) in [7, 11) is 1.56. The van der Waals surface area contributed by atoms with Gasteiger partial charge in [-0.1, -0.05) is 6.07 Å². The Morgan fingerprint density at radius 1 is 1.10 bits per heavy atom. The topological polar surface area (TPSA) is 88.7 Å². The van der Waals surface area contributed by atoms with Gasteiger partial charge in [0.15, 0.2) is 18.1 Å². The Balaban J connectivity index is 0.00000300. The van der Waals surface area contributed by atoms with Gasteiger partial charge in [-0.05, 0) is 56.2 Å². The number of hydrogen-bond acceptors (Lipinski definition) is 5. The van der Waals surface area contributed by atoms with E-state index in [9.17, 15) is 9.59 Å². The summed E-state index contributed by atoms with van der Waals surface area (Å²) in [6, 6.07) is 6.68. The molecule has 2 unspecified atom stereocenters. The second kappa shape index (κ2) is 11.3. The van der Waals surface area contributed by atoms with Crippen LogP contribution in [-0.4, -0.2) is 44.2 Å². The molecular weight excluding hydrogens is 394 g/mol. The Kier molecular flexibility index (Phi) is 9.04. The first-order valence-electron chi connectivity index (χ1n) is 10.2. The summed E-state index contributed by atoms with van der Waals surface area (Å²) in [4.78, 5) is 23.9. The zero-order chi connectivity index (χ0) is 19.9. The van der Waals surface area contributed by atoms with Gasteiger partial charge in [0.05, 0.1) is 7.11 Å². The first kappa shape index (κ1) is 23.3. The fraction of sp³-hybridized carbons (Fsp3) is 0.619. The summed E-state index contributed by atoms with van der Waals surface area (Å²) in [5.74, 6) is 1.47.